The van der Waals surface area contributed by atoms with Gasteiger partial charge in [-0.1, -0.05) is 13.0 Å². The maximum absolute atomic E-state index is 11.5. The zero-order chi connectivity index (χ0) is 14.5. The Balaban J connectivity index is 2.49. The Morgan fingerprint density at radius 3 is 2.58 bits per heavy atom. The van der Waals surface area contributed by atoms with Crippen molar-refractivity contribution >= 4 is 18.7 Å². The molecule has 3 nitrogen and oxygen atoms in total. The van der Waals surface area contributed by atoms with Crippen LogP contribution in [-0.2, 0) is 17.6 Å². The number of benzene rings is 1. The molecular weight excluding hydrogens is 258 g/mol. The van der Waals surface area contributed by atoms with Crippen LogP contribution in [0.4, 0.5) is 4.79 Å². The first-order valence-corrected chi connectivity index (χ1v) is 7.04. The summed E-state index contributed by atoms with van der Waals surface area (Å²) < 4.78 is 5.19. The second-order valence-electron chi connectivity index (χ2n) is 5.49. The van der Waals surface area contributed by atoms with Crippen molar-refractivity contribution in [2.24, 2.45) is 0 Å². The normalized spacial score (nSPS) is 11.2. The smallest absolute Gasteiger partial charge is 0.407 e. The Kier molecular flexibility index (Phi) is 5.73. The van der Waals surface area contributed by atoms with Crippen LogP contribution in [0.1, 0.15) is 38.8 Å². The molecule has 0 aliphatic rings. The van der Waals surface area contributed by atoms with Crippen LogP contribution in [0.5, 0.6) is 0 Å². The fourth-order valence-corrected chi connectivity index (χ4v) is 2.03. The molecule has 1 aromatic rings. The van der Waals surface area contributed by atoms with Crippen molar-refractivity contribution < 1.29 is 9.53 Å². The number of nitrogens with one attached hydrogen (secondary N) is 1. The van der Waals surface area contributed by atoms with E-state index in [9.17, 15) is 4.79 Å². The van der Waals surface area contributed by atoms with E-state index in [-0.39, 0.29) is 6.09 Å². The van der Waals surface area contributed by atoms with E-state index in [0.29, 0.717) is 6.54 Å². The molecule has 0 saturated carbocycles. The topological polar surface area (TPSA) is 38.3 Å². The number of aryl methyl sites for hydroxylation is 1. The monoisotopic (exact) mass is 281 g/mol. The minimum absolute atomic E-state index is 0.368. The van der Waals surface area contributed by atoms with Gasteiger partial charge in [-0.25, -0.2) is 4.79 Å². The van der Waals surface area contributed by atoms with Crippen molar-refractivity contribution in [3.05, 3.63) is 29.3 Å². The zero-order valence-corrected chi connectivity index (χ0v) is 13.0. The summed E-state index contributed by atoms with van der Waals surface area (Å²) in [7, 11) is 0. The fourth-order valence-electron chi connectivity index (χ4n) is 1.80. The molecule has 1 aromatic carbocycles. The number of carbonyl (C=O) groups is 1. The van der Waals surface area contributed by atoms with E-state index >= 15 is 0 Å². The third-order valence-electron chi connectivity index (χ3n) is 2.63. The van der Waals surface area contributed by atoms with E-state index in [1.807, 2.05) is 26.8 Å². The van der Waals surface area contributed by atoms with Gasteiger partial charge in [-0.05, 0) is 56.9 Å². The molecule has 0 fully saturated rings. The van der Waals surface area contributed by atoms with Crippen molar-refractivity contribution in [3.63, 3.8) is 0 Å². The Bertz CT molecular complexity index is 438. The lowest BCUT2D eigenvalue weighted by molar-refractivity contribution is 0.0528. The van der Waals surface area contributed by atoms with E-state index in [1.54, 1.807) is 0 Å². The first kappa shape index (κ1) is 15.9. The lowest BCUT2D eigenvalue weighted by Gasteiger charge is -2.19. The summed E-state index contributed by atoms with van der Waals surface area (Å²) in [6, 6.07) is 6.14. The number of alkyl carbamates (subject to hydrolysis) is 1. The van der Waals surface area contributed by atoms with Crippen molar-refractivity contribution in [3.8, 4) is 0 Å². The summed E-state index contributed by atoms with van der Waals surface area (Å²) in [6.45, 7) is 8.25. The van der Waals surface area contributed by atoms with Crippen LogP contribution >= 0.6 is 12.6 Å². The molecule has 1 N–H and O–H groups in total. The maximum atomic E-state index is 11.5. The van der Waals surface area contributed by atoms with Crippen LogP contribution in [0.15, 0.2) is 23.1 Å². The lowest BCUT2D eigenvalue weighted by atomic mass is 10.0. The van der Waals surface area contributed by atoms with E-state index < -0.39 is 5.60 Å². The quantitative estimate of drug-likeness (QED) is 0.828. The van der Waals surface area contributed by atoms with Gasteiger partial charge in [0.05, 0.1) is 0 Å². The highest BCUT2D eigenvalue weighted by Gasteiger charge is 2.15. The van der Waals surface area contributed by atoms with E-state index in [0.717, 1.165) is 17.7 Å². The van der Waals surface area contributed by atoms with Gasteiger partial charge >= 0.3 is 6.09 Å². The highest BCUT2D eigenvalue weighted by Crippen LogP contribution is 2.16. The number of thiol groups is 1. The Morgan fingerprint density at radius 2 is 2.00 bits per heavy atom. The number of carbonyl (C=O) groups excluding carboxylic acids is 1. The number of hydrogen-bond acceptors (Lipinski definition) is 3. The molecule has 0 radical (unpaired) electrons. The van der Waals surface area contributed by atoms with Gasteiger partial charge in [0.25, 0.3) is 0 Å². The van der Waals surface area contributed by atoms with E-state index in [4.69, 9.17) is 4.74 Å². The average Bonchev–Trinajstić information content (AvgIpc) is 2.27. The Labute approximate surface area is 121 Å². The van der Waals surface area contributed by atoms with Gasteiger partial charge in [0, 0.05) is 11.4 Å². The number of rotatable bonds is 4. The zero-order valence-electron chi connectivity index (χ0n) is 12.1. The third-order valence-corrected chi connectivity index (χ3v) is 2.91. The molecule has 0 unspecified atom stereocenters. The average molecular weight is 281 g/mol. The van der Waals surface area contributed by atoms with Gasteiger partial charge in [0.2, 0.25) is 0 Å². The fraction of sp³-hybridized carbons (Fsp3) is 0.533. The molecule has 0 aliphatic carbocycles. The predicted octanol–water partition coefficient (Wildman–Crippen LogP) is 3.60. The van der Waals surface area contributed by atoms with Gasteiger partial charge in [0.15, 0.2) is 0 Å². The molecule has 106 valence electrons. The van der Waals surface area contributed by atoms with Crippen LogP contribution < -0.4 is 5.32 Å². The van der Waals surface area contributed by atoms with Gasteiger partial charge in [-0.2, -0.15) is 0 Å². The largest absolute Gasteiger partial charge is 0.444 e. The SMILES string of the molecule is CCc1ccc(S)cc1CCNC(=O)OC(C)(C)C. The maximum Gasteiger partial charge on any atom is 0.407 e. The molecule has 0 spiro atoms. The summed E-state index contributed by atoms with van der Waals surface area (Å²) >= 11 is 4.35. The molecule has 1 amide bonds. The summed E-state index contributed by atoms with van der Waals surface area (Å²) in [4.78, 5) is 12.5. The van der Waals surface area contributed by atoms with Crippen LogP contribution in [-0.4, -0.2) is 18.2 Å². The van der Waals surface area contributed by atoms with E-state index in [2.05, 4.69) is 37.0 Å². The summed E-state index contributed by atoms with van der Waals surface area (Å²) in [5, 5.41) is 2.77. The number of amides is 1. The number of ether oxygens (including phenoxy) is 1. The molecule has 4 heteroatoms. The van der Waals surface area contributed by atoms with Crippen molar-refractivity contribution in [2.45, 2.75) is 51.0 Å². The minimum Gasteiger partial charge on any atom is -0.444 e. The molecule has 0 aromatic heterocycles. The molecule has 19 heavy (non-hydrogen) atoms. The van der Waals surface area contributed by atoms with Gasteiger partial charge in [-0.15, -0.1) is 12.6 Å². The predicted molar refractivity (Wildman–Crippen MR) is 81.0 cm³/mol. The molecule has 0 heterocycles. The first-order chi connectivity index (χ1) is 8.81. The van der Waals surface area contributed by atoms with Gasteiger partial charge < -0.3 is 10.1 Å². The number of hydrogen-bond donors (Lipinski definition) is 2. The third kappa shape index (κ3) is 6.01. The highest BCUT2D eigenvalue weighted by molar-refractivity contribution is 7.80. The molecule has 1 rings (SSSR count). The van der Waals surface area contributed by atoms with E-state index in [1.165, 1.54) is 11.1 Å². The molecular formula is C15H23NO2S. The molecule has 0 atom stereocenters. The highest BCUT2D eigenvalue weighted by atomic mass is 32.1. The van der Waals surface area contributed by atoms with Crippen LogP contribution in [0.3, 0.4) is 0 Å². The second kappa shape index (κ2) is 6.85. The minimum atomic E-state index is -0.455. The van der Waals surface area contributed by atoms with Crippen molar-refractivity contribution in [2.75, 3.05) is 6.54 Å². The lowest BCUT2D eigenvalue weighted by Crippen LogP contribution is -2.33. The van der Waals surface area contributed by atoms with Gasteiger partial charge in [-0.3, -0.25) is 0 Å². The summed E-state index contributed by atoms with van der Waals surface area (Å²) in [6.07, 6.45) is 1.40. The standard InChI is InChI=1S/C15H23NO2S/c1-5-11-6-7-13(19)10-12(11)8-9-16-14(17)18-15(2,3)4/h6-7,10,19H,5,8-9H2,1-4H3,(H,16,17). The summed E-state index contributed by atoms with van der Waals surface area (Å²) in [5.41, 5.74) is 2.07. The first-order valence-electron chi connectivity index (χ1n) is 6.59. The van der Waals surface area contributed by atoms with Crippen LogP contribution in [0.25, 0.3) is 0 Å². The second-order valence-corrected chi connectivity index (χ2v) is 6.00. The van der Waals surface area contributed by atoms with Crippen LogP contribution in [0, 0.1) is 0 Å². The summed E-state index contributed by atoms with van der Waals surface area (Å²) in [5.74, 6) is 0. The molecule has 0 saturated heterocycles. The molecule has 0 bridgehead atoms. The van der Waals surface area contributed by atoms with Crippen LogP contribution in [0.2, 0.25) is 0 Å². The Morgan fingerprint density at radius 1 is 1.32 bits per heavy atom. The van der Waals surface area contributed by atoms with Gasteiger partial charge in [0.1, 0.15) is 5.60 Å². The van der Waals surface area contributed by atoms with Crippen molar-refractivity contribution in [1.29, 1.82) is 0 Å². The Hall–Kier alpha value is -1.16. The molecule has 0 aliphatic heterocycles. The van der Waals surface area contributed by atoms with Crippen molar-refractivity contribution in [1.82, 2.24) is 5.32 Å².